The number of rotatable bonds is 3. The predicted octanol–water partition coefficient (Wildman–Crippen LogP) is 4.18. The third kappa shape index (κ3) is 3.76. The average molecular weight is 280 g/mol. The summed E-state index contributed by atoms with van der Waals surface area (Å²) in [7, 11) is 0. The highest BCUT2D eigenvalue weighted by Crippen LogP contribution is 2.40. The highest BCUT2D eigenvalue weighted by molar-refractivity contribution is 4.94. The molecule has 0 spiro atoms. The van der Waals surface area contributed by atoms with Crippen molar-refractivity contribution in [2.45, 2.75) is 97.2 Å². The van der Waals surface area contributed by atoms with Crippen LogP contribution in [-0.2, 0) is 0 Å². The van der Waals surface area contributed by atoms with Crippen LogP contribution in [0.2, 0.25) is 0 Å². The van der Waals surface area contributed by atoms with Gasteiger partial charge in [0.2, 0.25) is 0 Å². The van der Waals surface area contributed by atoms with E-state index in [2.05, 4.69) is 32.6 Å². The molecule has 118 valence electrons. The summed E-state index contributed by atoms with van der Waals surface area (Å²) in [5.74, 6) is 0.838. The lowest BCUT2D eigenvalue weighted by atomic mass is 9.69. The number of nitrogens with zero attached hydrogens (tertiary/aromatic N) is 1. The first-order valence-electron chi connectivity index (χ1n) is 8.94. The van der Waals surface area contributed by atoms with Gasteiger partial charge in [-0.2, -0.15) is 0 Å². The Bertz CT molecular complexity index is 288. The van der Waals surface area contributed by atoms with Gasteiger partial charge in [0.05, 0.1) is 0 Å². The fourth-order valence-electron chi connectivity index (χ4n) is 4.51. The molecule has 2 rings (SSSR count). The van der Waals surface area contributed by atoms with Crippen molar-refractivity contribution in [2.24, 2.45) is 17.1 Å². The SMILES string of the molecule is CCN(C1CCCCC1)C1CC(C(C)(C)C)CCC1N. The predicted molar refractivity (Wildman–Crippen MR) is 87.8 cm³/mol. The Kier molecular flexibility index (Phi) is 5.53. The molecule has 0 aliphatic heterocycles. The standard InChI is InChI=1S/C18H36N2/c1-5-20(15-9-7-6-8-10-15)17-13-14(18(2,3)4)11-12-16(17)19/h14-17H,5-13,19H2,1-4H3. The van der Waals surface area contributed by atoms with Crippen molar-refractivity contribution in [3.8, 4) is 0 Å². The quantitative estimate of drug-likeness (QED) is 0.840. The van der Waals surface area contributed by atoms with Crippen LogP contribution in [0, 0.1) is 11.3 Å². The number of nitrogens with two attached hydrogens (primary N) is 1. The van der Waals surface area contributed by atoms with Crippen molar-refractivity contribution in [1.29, 1.82) is 0 Å². The number of likely N-dealkylation sites (N-methyl/N-ethyl adjacent to an activating group) is 1. The van der Waals surface area contributed by atoms with Gasteiger partial charge in [0.1, 0.15) is 0 Å². The molecule has 2 aliphatic carbocycles. The van der Waals surface area contributed by atoms with E-state index in [1.54, 1.807) is 0 Å². The van der Waals surface area contributed by atoms with E-state index in [9.17, 15) is 0 Å². The maximum absolute atomic E-state index is 6.53. The van der Waals surface area contributed by atoms with E-state index < -0.39 is 0 Å². The van der Waals surface area contributed by atoms with Gasteiger partial charge in [-0.25, -0.2) is 0 Å². The topological polar surface area (TPSA) is 29.3 Å². The van der Waals surface area contributed by atoms with Gasteiger partial charge in [0, 0.05) is 18.1 Å². The van der Waals surface area contributed by atoms with Gasteiger partial charge < -0.3 is 5.73 Å². The van der Waals surface area contributed by atoms with Crippen LogP contribution in [0.1, 0.15) is 79.1 Å². The average Bonchev–Trinajstić information content (AvgIpc) is 2.41. The second-order valence-corrected chi connectivity index (χ2v) is 8.23. The summed E-state index contributed by atoms with van der Waals surface area (Å²) in [6, 6.07) is 1.83. The monoisotopic (exact) mass is 280 g/mol. The van der Waals surface area contributed by atoms with Gasteiger partial charge in [-0.05, 0) is 50.0 Å². The summed E-state index contributed by atoms with van der Waals surface area (Å²) in [5, 5.41) is 0. The van der Waals surface area contributed by atoms with Crippen LogP contribution in [0.4, 0.5) is 0 Å². The molecule has 0 saturated heterocycles. The van der Waals surface area contributed by atoms with Gasteiger partial charge in [0.25, 0.3) is 0 Å². The highest BCUT2D eigenvalue weighted by Gasteiger charge is 2.38. The molecule has 2 heteroatoms. The van der Waals surface area contributed by atoms with Gasteiger partial charge in [-0.3, -0.25) is 4.90 Å². The van der Waals surface area contributed by atoms with Gasteiger partial charge in [-0.15, -0.1) is 0 Å². The Labute approximate surface area is 126 Å². The Morgan fingerprint density at radius 1 is 1.00 bits per heavy atom. The molecule has 2 aliphatic rings. The zero-order valence-corrected chi connectivity index (χ0v) is 14.2. The number of hydrogen-bond acceptors (Lipinski definition) is 2. The summed E-state index contributed by atoms with van der Waals surface area (Å²) in [5.41, 5.74) is 6.96. The highest BCUT2D eigenvalue weighted by atomic mass is 15.2. The molecule has 0 aromatic rings. The molecule has 0 heterocycles. The van der Waals surface area contributed by atoms with Gasteiger partial charge in [-0.1, -0.05) is 47.0 Å². The van der Waals surface area contributed by atoms with Crippen LogP contribution in [0.25, 0.3) is 0 Å². The Morgan fingerprint density at radius 2 is 1.65 bits per heavy atom. The Morgan fingerprint density at radius 3 is 2.20 bits per heavy atom. The zero-order valence-electron chi connectivity index (χ0n) is 14.2. The van der Waals surface area contributed by atoms with Crippen molar-refractivity contribution >= 4 is 0 Å². The largest absolute Gasteiger partial charge is 0.326 e. The Balaban J connectivity index is 2.05. The normalized spacial score (nSPS) is 33.6. The minimum absolute atomic E-state index is 0.399. The minimum atomic E-state index is 0.399. The first-order chi connectivity index (χ1) is 9.43. The van der Waals surface area contributed by atoms with E-state index in [4.69, 9.17) is 5.73 Å². The van der Waals surface area contributed by atoms with Crippen LogP contribution in [-0.4, -0.2) is 29.6 Å². The summed E-state index contributed by atoms with van der Waals surface area (Å²) in [6.45, 7) is 10.7. The summed E-state index contributed by atoms with van der Waals surface area (Å²) >= 11 is 0. The van der Waals surface area contributed by atoms with E-state index in [1.807, 2.05) is 0 Å². The van der Waals surface area contributed by atoms with E-state index in [-0.39, 0.29) is 0 Å². The molecule has 20 heavy (non-hydrogen) atoms. The van der Waals surface area contributed by atoms with Gasteiger partial charge in [0.15, 0.2) is 0 Å². The van der Waals surface area contributed by atoms with Crippen LogP contribution >= 0.6 is 0 Å². The molecule has 0 aromatic heterocycles. The lowest BCUT2D eigenvalue weighted by Gasteiger charge is -2.48. The van der Waals surface area contributed by atoms with Gasteiger partial charge >= 0.3 is 0 Å². The molecular weight excluding hydrogens is 244 g/mol. The molecule has 2 saturated carbocycles. The van der Waals surface area contributed by atoms with E-state index in [1.165, 1.54) is 57.9 Å². The first kappa shape index (κ1) is 16.3. The van der Waals surface area contributed by atoms with Crippen molar-refractivity contribution in [3.05, 3.63) is 0 Å². The smallest absolute Gasteiger partial charge is 0.0252 e. The summed E-state index contributed by atoms with van der Waals surface area (Å²) in [4.78, 5) is 2.78. The molecule has 2 N–H and O–H groups in total. The van der Waals surface area contributed by atoms with Crippen LogP contribution in [0.15, 0.2) is 0 Å². The Hall–Kier alpha value is -0.0800. The first-order valence-corrected chi connectivity index (χ1v) is 8.94. The van der Waals surface area contributed by atoms with Crippen molar-refractivity contribution in [2.75, 3.05) is 6.54 Å². The van der Waals surface area contributed by atoms with Crippen LogP contribution in [0.5, 0.6) is 0 Å². The maximum Gasteiger partial charge on any atom is 0.0252 e. The van der Waals surface area contributed by atoms with E-state index >= 15 is 0 Å². The van der Waals surface area contributed by atoms with E-state index in [0.717, 1.165) is 12.0 Å². The van der Waals surface area contributed by atoms with Crippen molar-refractivity contribution < 1.29 is 0 Å². The fraction of sp³-hybridized carbons (Fsp3) is 1.00. The minimum Gasteiger partial charge on any atom is -0.326 e. The maximum atomic E-state index is 6.53. The van der Waals surface area contributed by atoms with Crippen LogP contribution < -0.4 is 5.73 Å². The lowest BCUT2D eigenvalue weighted by Crippen LogP contribution is -2.56. The number of hydrogen-bond donors (Lipinski definition) is 1. The van der Waals surface area contributed by atoms with Crippen molar-refractivity contribution in [1.82, 2.24) is 4.90 Å². The molecule has 3 unspecified atom stereocenters. The zero-order chi connectivity index (χ0) is 14.8. The molecule has 2 fully saturated rings. The second kappa shape index (κ2) is 6.79. The molecule has 2 nitrogen and oxygen atoms in total. The third-order valence-corrected chi connectivity index (χ3v) is 5.93. The van der Waals surface area contributed by atoms with Crippen molar-refractivity contribution in [3.63, 3.8) is 0 Å². The lowest BCUT2D eigenvalue weighted by molar-refractivity contribution is 0.0340. The second-order valence-electron chi connectivity index (χ2n) is 8.23. The summed E-state index contributed by atoms with van der Waals surface area (Å²) in [6.07, 6.45) is 10.9. The molecule has 0 radical (unpaired) electrons. The van der Waals surface area contributed by atoms with E-state index in [0.29, 0.717) is 17.5 Å². The molecule has 0 bridgehead atoms. The summed E-state index contributed by atoms with van der Waals surface area (Å²) < 4.78 is 0. The fourth-order valence-corrected chi connectivity index (χ4v) is 4.51. The molecular formula is C18H36N2. The molecule has 3 atom stereocenters. The molecule has 0 aromatic carbocycles. The third-order valence-electron chi connectivity index (χ3n) is 5.93. The van der Waals surface area contributed by atoms with Crippen LogP contribution in [0.3, 0.4) is 0 Å². The molecule has 0 amide bonds.